The van der Waals surface area contributed by atoms with E-state index in [0.717, 1.165) is 5.06 Å². The molecule has 1 rings (SSSR count). The Morgan fingerprint density at radius 3 is 2.58 bits per heavy atom. The highest BCUT2D eigenvalue weighted by Crippen LogP contribution is 2.05. The zero-order chi connectivity index (χ0) is 9.19. The maximum absolute atomic E-state index is 10.5. The molecule has 1 unspecified atom stereocenters. The average Bonchev–Trinajstić information content (AvgIpc) is 1.91. The largest absolute Gasteiger partial charge is 0.433 e. The van der Waals surface area contributed by atoms with E-state index >= 15 is 0 Å². The minimum Gasteiger partial charge on any atom is -0.284 e. The number of hydroxylamine groups is 2. The number of rotatable bonds is 1. The molecule has 12 heavy (non-hydrogen) atoms. The highest BCUT2D eigenvalue weighted by molar-refractivity contribution is 8.34. The van der Waals surface area contributed by atoms with Crippen LogP contribution in [0.5, 0.6) is 0 Å². The number of hydrogen-bond donors (Lipinski definition) is 3. The average molecular weight is 210 g/mol. The third-order valence-corrected chi connectivity index (χ3v) is 3.27. The second-order valence-electron chi connectivity index (χ2n) is 2.04. The minimum absolute atomic E-state index is 0.363. The van der Waals surface area contributed by atoms with Gasteiger partial charge in [0.25, 0.3) is 0 Å². The summed E-state index contributed by atoms with van der Waals surface area (Å²) in [6.07, 6.45) is 5.97. The van der Waals surface area contributed by atoms with Crippen LogP contribution in [0.4, 0.5) is 0 Å². The summed E-state index contributed by atoms with van der Waals surface area (Å²) in [5.74, 6) is 0. The van der Waals surface area contributed by atoms with Crippen molar-refractivity contribution in [2.75, 3.05) is 0 Å². The van der Waals surface area contributed by atoms with Crippen LogP contribution in [0.1, 0.15) is 0 Å². The lowest BCUT2D eigenvalue weighted by atomic mass is 10.4. The standard InChI is InChI=1S/C5H7NO4S2/c7-6-4-2-1-3-5(6)11-12(8,9)10/h1-5,7H,(H-,8,9,10)/p+1. The van der Waals surface area contributed by atoms with Crippen LogP contribution in [0.25, 0.3) is 0 Å². The Morgan fingerprint density at radius 2 is 2.08 bits per heavy atom. The van der Waals surface area contributed by atoms with Crippen molar-refractivity contribution in [2.45, 2.75) is 5.37 Å². The fraction of sp³-hybridized carbons (Fsp3) is 0.200. The van der Waals surface area contributed by atoms with Crippen LogP contribution in [-0.2, 0) is 19.4 Å². The number of allylic oxidation sites excluding steroid dienone is 2. The molecule has 0 aromatic rings. The van der Waals surface area contributed by atoms with Crippen molar-refractivity contribution in [3.8, 4) is 0 Å². The number of nitrogens with zero attached hydrogens (tertiary/aromatic N) is 1. The maximum Gasteiger partial charge on any atom is 0.433 e. The monoisotopic (exact) mass is 210 g/mol. The van der Waals surface area contributed by atoms with Crippen molar-refractivity contribution in [1.29, 1.82) is 0 Å². The second kappa shape index (κ2) is 3.50. The lowest BCUT2D eigenvalue weighted by Gasteiger charge is -2.11. The summed E-state index contributed by atoms with van der Waals surface area (Å²) in [6, 6.07) is 0. The predicted octanol–water partition coefficient (Wildman–Crippen LogP) is 0.315. The fourth-order valence-electron chi connectivity index (χ4n) is 0.675. The van der Waals surface area contributed by atoms with E-state index in [2.05, 4.69) is 0 Å². The molecule has 0 fully saturated rings. The summed E-state index contributed by atoms with van der Waals surface area (Å²) in [6.45, 7) is 0. The lowest BCUT2D eigenvalue weighted by molar-refractivity contribution is -0.0406. The highest BCUT2D eigenvalue weighted by atomic mass is 32.9. The van der Waals surface area contributed by atoms with Gasteiger partial charge >= 0.3 is 24.7 Å². The van der Waals surface area contributed by atoms with Gasteiger partial charge in [-0.1, -0.05) is 6.08 Å². The minimum atomic E-state index is -3.88. The van der Waals surface area contributed by atoms with E-state index in [1.807, 2.05) is 0 Å². The molecule has 0 radical (unpaired) electrons. The first-order chi connectivity index (χ1) is 5.49. The van der Waals surface area contributed by atoms with Gasteiger partial charge in [-0.2, -0.15) is 4.21 Å². The molecule has 0 bridgehead atoms. The summed E-state index contributed by atoms with van der Waals surface area (Å²) in [4.78, 5) is 0. The van der Waals surface area contributed by atoms with Crippen molar-refractivity contribution in [3.05, 3.63) is 24.4 Å². The fourth-order valence-corrected chi connectivity index (χ4v) is 2.47. The van der Waals surface area contributed by atoms with Gasteiger partial charge < -0.3 is 0 Å². The van der Waals surface area contributed by atoms with Gasteiger partial charge in [-0.15, -0.1) is 0 Å². The van der Waals surface area contributed by atoms with Gasteiger partial charge in [0.1, 0.15) is 0 Å². The van der Waals surface area contributed by atoms with Crippen molar-refractivity contribution < 1.29 is 18.5 Å². The predicted molar refractivity (Wildman–Crippen MR) is 46.5 cm³/mol. The van der Waals surface area contributed by atoms with Crippen molar-refractivity contribution in [2.24, 2.45) is 0 Å². The molecule has 0 saturated heterocycles. The molecule has 0 saturated carbocycles. The Hall–Kier alpha value is -0.470. The summed E-state index contributed by atoms with van der Waals surface area (Å²) in [5.41, 5.74) is 0. The third kappa shape index (κ3) is 2.88. The Morgan fingerprint density at radius 1 is 1.42 bits per heavy atom. The number of hydrogen-bond acceptors (Lipinski definition) is 3. The van der Waals surface area contributed by atoms with Crippen LogP contribution in [0.15, 0.2) is 24.4 Å². The summed E-state index contributed by atoms with van der Waals surface area (Å²) < 4.78 is 27.6. The van der Waals surface area contributed by atoms with Crippen LogP contribution in [-0.4, -0.2) is 29.0 Å². The Bertz CT molecular complexity index is 320. The first-order valence-corrected chi connectivity index (χ1v) is 5.85. The van der Waals surface area contributed by atoms with Gasteiger partial charge in [0.15, 0.2) is 0 Å². The van der Waals surface area contributed by atoms with E-state index < -0.39 is 14.4 Å². The zero-order valence-corrected chi connectivity index (χ0v) is 7.53. The van der Waals surface area contributed by atoms with Crippen LogP contribution in [0, 0.1) is 0 Å². The molecule has 1 aliphatic heterocycles. The first-order valence-electron chi connectivity index (χ1n) is 2.98. The van der Waals surface area contributed by atoms with Crippen LogP contribution >= 0.6 is 0 Å². The molecule has 0 aromatic carbocycles. The van der Waals surface area contributed by atoms with Gasteiger partial charge in [-0.3, -0.25) is 14.3 Å². The van der Waals surface area contributed by atoms with Crippen molar-refractivity contribution in [1.82, 2.24) is 5.06 Å². The van der Waals surface area contributed by atoms with Gasteiger partial charge in [-0.25, -0.2) is 5.06 Å². The molecule has 0 aliphatic carbocycles. The summed E-state index contributed by atoms with van der Waals surface area (Å²) in [5, 5.41) is 9.07. The SMILES string of the molecule is O=S(O)(O)=[S+]C1C=CC=CN1O. The molecule has 0 amide bonds. The van der Waals surface area contributed by atoms with E-state index in [1.165, 1.54) is 12.3 Å². The molecule has 0 aromatic heterocycles. The van der Waals surface area contributed by atoms with Crippen molar-refractivity contribution >= 4 is 19.4 Å². The molecule has 5 nitrogen and oxygen atoms in total. The van der Waals surface area contributed by atoms with E-state index in [0.29, 0.717) is 10.3 Å². The summed E-state index contributed by atoms with van der Waals surface area (Å²) >= 11 is 0. The third-order valence-electron chi connectivity index (χ3n) is 1.11. The smallest absolute Gasteiger partial charge is 0.284 e. The Balaban J connectivity index is 2.86. The molecule has 1 heterocycles. The normalized spacial score (nSPS) is 22.9. The summed E-state index contributed by atoms with van der Waals surface area (Å²) in [7, 11) is -3.51. The van der Waals surface area contributed by atoms with Crippen LogP contribution < -0.4 is 0 Å². The van der Waals surface area contributed by atoms with E-state index in [1.54, 1.807) is 12.2 Å². The zero-order valence-electron chi connectivity index (χ0n) is 5.90. The first kappa shape index (κ1) is 9.62. The van der Waals surface area contributed by atoms with Crippen molar-refractivity contribution in [3.63, 3.8) is 0 Å². The molecular weight excluding hydrogens is 202 g/mol. The van der Waals surface area contributed by atoms with Crippen LogP contribution in [0.3, 0.4) is 0 Å². The quantitative estimate of drug-likeness (QED) is 0.543. The van der Waals surface area contributed by atoms with E-state index in [9.17, 15) is 4.21 Å². The Labute approximate surface area is 73.2 Å². The van der Waals surface area contributed by atoms with Crippen LogP contribution in [0.2, 0.25) is 0 Å². The lowest BCUT2D eigenvalue weighted by Crippen LogP contribution is -2.27. The molecule has 0 spiro atoms. The molecule has 7 heteroatoms. The topological polar surface area (TPSA) is 81.0 Å². The van der Waals surface area contributed by atoms with Gasteiger partial charge in [0, 0.05) is 12.3 Å². The van der Waals surface area contributed by atoms with Gasteiger partial charge in [-0.05, 0) is 6.08 Å². The molecule has 1 atom stereocenters. The molecule has 68 valence electrons. The molecule has 1 aliphatic rings. The highest BCUT2D eigenvalue weighted by Gasteiger charge is 2.26. The van der Waals surface area contributed by atoms with E-state index in [4.69, 9.17) is 14.3 Å². The second-order valence-corrected chi connectivity index (χ2v) is 5.49. The molecule has 3 N–H and O–H groups in total. The Kier molecular flexibility index (Phi) is 2.80. The maximum atomic E-state index is 10.5. The molecular formula is C5H8NO4S2+. The van der Waals surface area contributed by atoms with Gasteiger partial charge in [0.05, 0.1) is 0 Å². The van der Waals surface area contributed by atoms with E-state index in [-0.39, 0.29) is 0 Å². The van der Waals surface area contributed by atoms with Gasteiger partial charge in [0.2, 0.25) is 0 Å².